The zero-order valence-corrected chi connectivity index (χ0v) is 16.5. The van der Waals surface area contributed by atoms with Crippen molar-refractivity contribution in [2.75, 3.05) is 6.61 Å². The van der Waals surface area contributed by atoms with Crippen LogP contribution in [-0.4, -0.2) is 35.1 Å². The van der Waals surface area contributed by atoms with Crippen LogP contribution < -0.4 is 10.6 Å². The minimum atomic E-state index is -0.693. The van der Waals surface area contributed by atoms with Gasteiger partial charge in [0.25, 0.3) is 5.91 Å². The molecule has 0 radical (unpaired) electrons. The van der Waals surface area contributed by atoms with E-state index in [2.05, 4.69) is 10.6 Å². The van der Waals surface area contributed by atoms with Crippen molar-refractivity contribution in [3.05, 3.63) is 53.1 Å². The van der Waals surface area contributed by atoms with Crippen molar-refractivity contribution in [2.45, 2.75) is 45.6 Å². The highest BCUT2D eigenvalue weighted by molar-refractivity contribution is 5.97. The molecule has 0 atom stereocenters. The molecule has 2 N–H and O–H groups in total. The molecule has 1 aromatic heterocycles. The molecule has 7 nitrogen and oxygen atoms in total. The first-order chi connectivity index (χ1) is 13.8. The van der Waals surface area contributed by atoms with E-state index in [0.29, 0.717) is 16.9 Å². The number of nitrogens with zero attached hydrogens (tertiary/aromatic N) is 1. The fraction of sp³-hybridized carbons (Fsp3) is 0.381. The minimum Gasteiger partial charge on any atom is -0.452 e. The molecule has 0 bridgehead atoms. The van der Waals surface area contributed by atoms with Crippen LogP contribution in [0, 0.1) is 19.7 Å². The van der Waals surface area contributed by atoms with E-state index in [1.807, 2.05) is 6.92 Å². The van der Waals surface area contributed by atoms with Gasteiger partial charge in [0.05, 0.1) is 5.56 Å². The number of rotatable bonds is 5. The number of hydrogen-bond donors (Lipinski definition) is 2. The molecule has 3 amide bonds. The number of halogens is 1. The molecule has 1 saturated carbocycles. The molecule has 1 heterocycles. The quantitative estimate of drug-likeness (QED) is 0.753. The lowest BCUT2D eigenvalue weighted by Crippen LogP contribution is -2.45. The van der Waals surface area contributed by atoms with Crippen LogP contribution in [-0.2, 0) is 9.53 Å². The lowest BCUT2D eigenvalue weighted by molar-refractivity contribution is -0.123. The summed E-state index contributed by atoms with van der Waals surface area (Å²) in [5.74, 6) is -1.71. The molecule has 29 heavy (non-hydrogen) atoms. The summed E-state index contributed by atoms with van der Waals surface area (Å²) in [6.07, 6.45) is 3.93. The Bertz CT molecular complexity index is 915. The Labute approximate surface area is 168 Å². The van der Waals surface area contributed by atoms with Crippen LogP contribution in [0.2, 0.25) is 0 Å². The number of aromatic nitrogens is 1. The number of nitrogens with one attached hydrogen (secondary N) is 2. The summed E-state index contributed by atoms with van der Waals surface area (Å²) in [6.45, 7) is 2.99. The van der Waals surface area contributed by atoms with E-state index < -0.39 is 24.5 Å². The third-order valence-corrected chi connectivity index (χ3v) is 5.01. The average molecular weight is 401 g/mol. The number of carbonyl (C=O) groups is 3. The molecular weight excluding hydrogens is 377 g/mol. The molecule has 2 aromatic rings. The van der Waals surface area contributed by atoms with Gasteiger partial charge >= 0.3 is 12.0 Å². The molecule has 1 aliphatic carbocycles. The Morgan fingerprint density at radius 1 is 1.14 bits per heavy atom. The molecule has 0 spiro atoms. The normalized spacial score (nSPS) is 13.9. The molecular formula is C21H24FN3O4. The third-order valence-electron chi connectivity index (χ3n) is 5.01. The summed E-state index contributed by atoms with van der Waals surface area (Å²) in [7, 11) is 0. The van der Waals surface area contributed by atoms with Crippen molar-refractivity contribution in [3.8, 4) is 5.69 Å². The first-order valence-corrected chi connectivity index (χ1v) is 9.57. The second kappa shape index (κ2) is 8.89. The smallest absolute Gasteiger partial charge is 0.340 e. The molecule has 1 aliphatic rings. The van der Waals surface area contributed by atoms with E-state index in [4.69, 9.17) is 4.74 Å². The lowest BCUT2D eigenvalue weighted by Gasteiger charge is -2.12. The first-order valence-electron chi connectivity index (χ1n) is 9.57. The number of aryl methyl sites for hydroxylation is 1. The van der Waals surface area contributed by atoms with Gasteiger partial charge in [-0.25, -0.2) is 14.0 Å². The van der Waals surface area contributed by atoms with Crippen molar-refractivity contribution in [2.24, 2.45) is 0 Å². The van der Waals surface area contributed by atoms with E-state index in [9.17, 15) is 18.8 Å². The standard InChI is InChI=1S/C21H24FN3O4/c1-13-11-18(14(2)25(13)17-9-7-15(22)8-10-17)20(27)29-12-19(26)24-21(28)23-16-5-3-4-6-16/h7-11,16H,3-6,12H2,1-2H3,(H2,23,24,26,28). The lowest BCUT2D eigenvalue weighted by atomic mass is 10.2. The van der Waals surface area contributed by atoms with Crippen LogP contribution in [0.1, 0.15) is 47.4 Å². The summed E-state index contributed by atoms with van der Waals surface area (Å²) in [5.41, 5.74) is 2.39. The minimum absolute atomic E-state index is 0.0854. The summed E-state index contributed by atoms with van der Waals surface area (Å²) in [5, 5.41) is 4.90. The molecule has 1 aromatic carbocycles. The molecule has 154 valence electrons. The Hall–Kier alpha value is -3.16. The number of esters is 1. The third kappa shape index (κ3) is 5.01. The van der Waals surface area contributed by atoms with Crippen LogP contribution in [0.5, 0.6) is 0 Å². The molecule has 1 fully saturated rings. The summed E-state index contributed by atoms with van der Waals surface area (Å²) in [6, 6.07) is 7.06. The SMILES string of the molecule is Cc1cc(C(=O)OCC(=O)NC(=O)NC2CCCC2)c(C)n1-c1ccc(F)cc1. The number of ether oxygens (including phenoxy) is 1. The summed E-state index contributed by atoms with van der Waals surface area (Å²) in [4.78, 5) is 36.1. The van der Waals surface area contributed by atoms with Crippen molar-refractivity contribution in [3.63, 3.8) is 0 Å². The zero-order valence-electron chi connectivity index (χ0n) is 16.5. The molecule has 8 heteroatoms. The largest absolute Gasteiger partial charge is 0.452 e. The predicted octanol–water partition coefficient (Wildman–Crippen LogP) is 3.16. The van der Waals surface area contributed by atoms with Crippen molar-refractivity contribution < 1.29 is 23.5 Å². The Kier molecular flexibility index (Phi) is 6.31. The summed E-state index contributed by atoms with van der Waals surface area (Å²) < 4.78 is 20.0. The summed E-state index contributed by atoms with van der Waals surface area (Å²) >= 11 is 0. The zero-order chi connectivity index (χ0) is 21.0. The average Bonchev–Trinajstić information content (AvgIpc) is 3.28. The van der Waals surface area contributed by atoms with Gasteiger partial charge in [0.15, 0.2) is 6.61 Å². The second-order valence-electron chi connectivity index (χ2n) is 7.18. The monoisotopic (exact) mass is 401 g/mol. The Balaban J connectivity index is 1.58. The number of carbonyl (C=O) groups excluding carboxylic acids is 3. The van der Waals surface area contributed by atoms with E-state index >= 15 is 0 Å². The second-order valence-corrected chi connectivity index (χ2v) is 7.18. The highest BCUT2D eigenvalue weighted by atomic mass is 19.1. The van der Waals surface area contributed by atoms with E-state index in [1.165, 1.54) is 12.1 Å². The van der Waals surface area contributed by atoms with Gasteiger partial charge in [-0.2, -0.15) is 0 Å². The van der Waals surface area contributed by atoms with Gasteiger partial charge in [0.2, 0.25) is 0 Å². The maximum Gasteiger partial charge on any atom is 0.340 e. The Morgan fingerprint density at radius 2 is 1.79 bits per heavy atom. The Morgan fingerprint density at radius 3 is 2.45 bits per heavy atom. The van der Waals surface area contributed by atoms with E-state index in [0.717, 1.165) is 31.4 Å². The van der Waals surface area contributed by atoms with Crippen molar-refractivity contribution in [1.82, 2.24) is 15.2 Å². The van der Waals surface area contributed by atoms with Gasteiger partial charge in [0, 0.05) is 23.1 Å². The highest BCUT2D eigenvalue weighted by Crippen LogP contribution is 2.22. The number of imide groups is 1. The fourth-order valence-electron chi connectivity index (χ4n) is 3.62. The van der Waals surface area contributed by atoms with Crippen LogP contribution in [0.15, 0.2) is 30.3 Å². The van der Waals surface area contributed by atoms with Gasteiger partial charge in [-0.3, -0.25) is 10.1 Å². The molecule has 0 saturated heterocycles. The molecule has 3 rings (SSSR count). The maximum atomic E-state index is 13.2. The number of urea groups is 1. The van der Waals surface area contributed by atoms with E-state index in [-0.39, 0.29) is 11.9 Å². The van der Waals surface area contributed by atoms with Gasteiger partial charge in [-0.15, -0.1) is 0 Å². The van der Waals surface area contributed by atoms with Gasteiger partial charge < -0.3 is 14.6 Å². The van der Waals surface area contributed by atoms with Crippen LogP contribution >= 0.6 is 0 Å². The van der Waals surface area contributed by atoms with Crippen LogP contribution in [0.25, 0.3) is 5.69 Å². The number of amides is 3. The first kappa shape index (κ1) is 20.6. The maximum absolute atomic E-state index is 13.2. The van der Waals surface area contributed by atoms with Gasteiger partial charge in [0.1, 0.15) is 5.82 Å². The van der Waals surface area contributed by atoms with Gasteiger partial charge in [-0.1, -0.05) is 12.8 Å². The number of hydrogen-bond acceptors (Lipinski definition) is 4. The molecule has 0 aliphatic heterocycles. The van der Waals surface area contributed by atoms with Crippen molar-refractivity contribution in [1.29, 1.82) is 0 Å². The fourth-order valence-corrected chi connectivity index (χ4v) is 3.62. The van der Waals surface area contributed by atoms with E-state index in [1.54, 1.807) is 29.7 Å². The van der Waals surface area contributed by atoms with Crippen molar-refractivity contribution >= 4 is 17.9 Å². The topological polar surface area (TPSA) is 89.4 Å². The number of benzene rings is 1. The van der Waals surface area contributed by atoms with Crippen LogP contribution in [0.3, 0.4) is 0 Å². The van der Waals surface area contributed by atoms with Crippen LogP contribution in [0.4, 0.5) is 9.18 Å². The van der Waals surface area contributed by atoms with Gasteiger partial charge in [-0.05, 0) is 57.0 Å². The highest BCUT2D eigenvalue weighted by Gasteiger charge is 2.21. The molecule has 0 unspecified atom stereocenters. The predicted molar refractivity (Wildman–Crippen MR) is 104 cm³/mol.